The fourth-order valence-corrected chi connectivity index (χ4v) is 3.46. The molecule has 4 rings (SSSR count). The van der Waals surface area contributed by atoms with Crippen LogP contribution < -0.4 is 10.6 Å². The Balaban J connectivity index is 1.58. The SMILES string of the molecule is O=C(NCc1ccccc1)c1cc2n(n1)[C@H](C(F)(F)F)C[C@H](c1ccccc1)N2. The number of hydrogen-bond acceptors (Lipinski definition) is 3. The van der Waals surface area contributed by atoms with Crippen LogP contribution in [-0.4, -0.2) is 21.9 Å². The molecule has 5 nitrogen and oxygen atoms in total. The van der Waals surface area contributed by atoms with Crippen molar-refractivity contribution in [2.45, 2.75) is 31.2 Å². The number of halogens is 3. The molecular weight excluding hydrogens is 381 g/mol. The molecule has 0 saturated heterocycles. The first-order valence-electron chi connectivity index (χ1n) is 9.21. The minimum atomic E-state index is -4.48. The van der Waals surface area contributed by atoms with Crippen molar-refractivity contribution in [2.24, 2.45) is 0 Å². The fraction of sp³-hybridized carbons (Fsp3) is 0.238. The molecule has 0 bridgehead atoms. The van der Waals surface area contributed by atoms with Crippen LogP contribution in [-0.2, 0) is 6.54 Å². The van der Waals surface area contributed by atoms with Crippen LogP contribution in [0.2, 0.25) is 0 Å². The van der Waals surface area contributed by atoms with Crippen LogP contribution in [0.4, 0.5) is 19.0 Å². The number of amides is 1. The minimum Gasteiger partial charge on any atom is -0.363 e. The van der Waals surface area contributed by atoms with Crippen molar-refractivity contribution in [2.75, 3.05) is 5.32 Å². The summed E-state index contributed by atoms with van der Waals surface area (Å²) in [6.07, 6.45) is -4.68. The molecule has 0 fully saturated rings. The first-order chi connectivity index (χ1) is 13.9. The molecule has 150 valence electrons. The monoisotopic (exact) mass is 400 g/mol. The second-order valence-electron chi connectivity index (χ2n) is 6.93. The molecule has 0 saturated carbocycles. The minimum absolute atomic E-state index is 0.0496. The summed E-state index contributed by atoms with van der Waals surface area (Å²) in [6, 6.07) is 17.2. The first-order valence-corrected chi connectivity index (χ1v) is 9.21. The highest BCUT2D eigenvalue weighted by atomic mass is 19.4. The van der Waals surface area contributed by atoms with Gasteiger partial charge in [-0.2, -0.15) is 18.3 Å². The van der Waals surface area contributed by atoms with Gasteiger partial charge >= 0.3 is 6.18 Å². The summed E-state index contributed by atoms with van der Waals surface area (Å²) in [7, 11) is 0. The number of carbonyl (C=O) groups is 1. The fourth-order valence-electron chi connectivity index (χ4n) is 3.46. The number of benzene rings is 2. The Bertz CT molecular complexity index is 986. The molecule has 2 atom stereocenters. The third-order valence-corrected chi connectivity index (χ3v) is 4.92. The normalized spacial score (nSPS) is 18.6. The van der Waals surface area contributed by atoms with Gasteiger partial charge in [-0.25, -0.2) is 4.68 Å². The highest BCUT2D eigenvalue weighted by Gasteiger charge is 2.46. The number of hydrogen-bond donors (Lipinski definition) is 2. The third-order valence-electron chi connectivity index (χ3n) is 4.92. The summed E-state index contributed by atoms with van der Waals surface area (Å²) in [4.78, 5) is 12.4. The van der Waals surface area contributed by atoms with Gasteiger partial charge in [-0.1, -0.05) is 60.7 Å². The predicted molar refractivity (Wildman–Crippen MR) is 102 cm³/mol. The number of carbonyl (C=O) groups excluding carboxylic acids is 1. The van der Waals surface area contributed by atoms with Crippen molar-refractivity contribution in [1.82, 2.24) is 15.1 Å². The summed E-state index contributed by atoms with van der Waals surface area (Å²) in [5, 5.41) is 9.74. The molecule has 2 heterocycles. The maximum Gasteiger partial charge on any atom is 0.410 e. The molecular formula is C21H19F3N4O. The Morgan fingerprint density at radius 1 is 1.10 bits per heavy atom. The van der Waals surface area contributed by atoms with Crippen molar-refractivity contribution < 1.29 is 18.0 Å². The van der Waals surface area contributed by atoms with E-state index in [0.717, 1.165) is 15.8 Å². The van der Waals surface area contributed by atoms with Gasteiger partial charge in [0.2, 0.25) is 0 Å². The van der Waals surface area contributed by atoms with Gasteiger partial charge in [0.05, 0.1) is 6.04 Å². The zero-order valence-electron chi connectivity index (χ0n) is 15.4. The predicted octanol–water partition coefficient (Wildman–Crippen LogP) is 4.47. The van der Waals surface area contributed by atoms with Gasteiger partial charge in [0.15, 0.2) is 11.7 Å². The van der Waals surface area contributed by atoms with E-state index in [-0.39, 0.29) is 24.5 Å². The molecule has 1 aliphatic rings. The molecule has 3 aromatic rings. The molecule has 2 N–H and O–H groups in total. The van der Waals surface area contributed by atoms with E-state index in [2.05, 4.69) is 15.7 Å². The molecule has 2 aromatic carbocycles. The van der Waals surface area contributed by atoms with Crippen molar-refractivity contribution in [3.05, 3.63) is 83.6 Å². The van der Waals surface area contributed by atoms with Crippen LogP contribution in [0.1, 0.15) is 40.1 Å². The van der Waals surface area contributed by atoms with E-state index in [1.807, 2.05) is 36.4 Å². The van der Waals surface area contributed by atoms with Gasteiger partial charge in [0.1, 0.15) is 5.82 Å². The Morgan fingerprint density at radius 3 is 2.41 bits per heavy atom. The summed E-state index contributed by atoms with van der Waals surface area (Å²) in [5.74, 6) is -0.341. The highest BCUT2D eigenvalue weighted by molar-refractivity contribution is 5.93. The number of nitrogens with zero attached hydrogens (tertiary/aromatic N) is 2. The second kappa shape index (κ2) is 7.62. The number of aromatic nitrogens is 2. The van der Waals surface area contributed by atoms with Crippen LogP contribution in [0.25, 0.3) is 0 Å². The van der Waals surface area contributed by atoms with Crippen LogP contribution in [0, 0.1) is 0 Å². The Hall–Kier alpha value is -3.29. The number of alkyl halides is 3. The van der Waals surface area contributed by atoms with E-state index in [1.54, 1.807) is 24.3 Å². The first kappa shape index (κ1) is 19.0. The smallest absolute Gasteiger partial charge is 0.363 e. The Labute approximate surface area is 165 Å². The van der Waals surface area contributed by atoms with Gasteiger partial charge in [0.25, 0.3) is 5.91 Å². The number of anilines is 1. The standard InChI is InChI=1S/C21H19F3N4O/c22-21(23,24)18-11-16(15-9-5-2-6-10-15)26-19-12-17(27-28(18)19)20(29)25-13-14-7-3-1-4-8-14/h1-10,12,16,18,26H,11,13H2,(H,25,29)/t16-,18+/m1/s1. The molecule has 1 aromatic heterocycles. The lowest BCUT2D eigenvalue weighted by Gasteiger charge is -2.33. The van der Waals surface area contributed by atoms with Crippen molar-refractivity contribution in [3.8, 4) is 0 Å². The summed E-state index contributed by atoms with van der Waals surface area (Å²) in [5.41, 5.74) is 1.59. The molecule has 0 spiro atoms. The van der Waals surface area contributed by atoms with E-state index in [1.165, 1.54) is 6.07 Å². The lowest BCUT2D eigenvalue weighted by Crippen LogP contribution is -2.35. The van der Waals surface area contributed by atoms with Crippen LogP contribution in [0.3, 0.4) is 0 Å². The van der Waals surface area contributed by atoms with Gasteiger partial charge in [-0.05, 0) is 11.1 Å². The molecule has 0 radical (unpaired) electrons. The topological polar surface area (TPSA) is 59.0 Å². The Morgan fingerprint density at radius 2 is 1.76 bits per heavy atom. The van der Waals surface area contributed by atoms with Gasteiger partial charge < -0.3 is 10.6 Å². The highest BCUT2D eigenvalue weighted by Crippen LogP contribution is 2.43. The maximum absolute atomic E-state index is 13.7. The number of nitrogens with one attached hydrogen (secondary N) is 2. The molecule has 1 aliphatic heterocycles. The molecule has 0 unspecified atom stereocenters. The summed E-state index contributed by atoms with van der Waals surface area (Å²) in [6.45, 7) is 0.268. The summed E-state index contributed by atoms with van der Waals surface area (Å²) < 4.78 is 42.0. The van der Waals surface area contributed by atoms with Gasteiger partial charge in [0, 0.05) is 19.0 Å². The zero-order chi connectivity index (χ0) is 20.4. The van der Waals surface area contributed by atoms with E-state index in [4.69, 9.17) is 0 Å². The average molecular weight is 400 g/mol. The molecule has 29 heavy (non-hydrogen) atoms. The van der Waals surface area contributed by atoms with Crippen LogP contribution >= 0.6 is 0 Å². The van der Waals surface area contributed by atoms with E-state index in [0.29, 0.717) is 0 Å². The van der Waals surface area contributed by atoms with Crippen molar-refractivity contribution in [3.63, 3.8) is 0 Å². The quantitative estimate of drug-likeness (QED) is 0.679. The van der Waals surface area contributed by atoms with E-state index < -0.39 is 24.2 Å². The lowest BCUT2D eigenvalue weighted by atomic mass is 9.97. The van der Waals surface area contributed by atoms with Gasteiger partial charge in [-0.15, -0.1) is 0 Å². The van der Waals surface area contributed by atoms with E-state index >= 15 is 0 Å². The lowest BCUT2D eigenvalue weighted by molar-refractivity contribution is -0.173. The Kier molecular flexibility index (Phi) is 5.00. The van der Waals surface area contributed by atoms with Gasteiger partial charge in [-0.3, -0.25) is 4.79 Å². The summed E-state index contributed by atoms with van der Waals surface area (Å²) >= 11 is 0. The van der Waals surface area contributed by atoms with E-state index in [9.17, 15) is 18.0 Å². The maximum atomic E-state index is 13.7. The molecule has 1 amide bonds. The van der Waals surface area contributed by atoms with Crippen molar-refractivity contribution in [1.29, 1.82) is 0 Å². The zero-order valence-corrected chi connectivity index (χ0v) is 15.4. The van der Waals surface area contributed by atoms with Crippen molar-refractivity contribution >= 4 is 11.7 Å². The third kappa shape index (κ3) is 4.11. The number of fused-ring (bicyclic) bond motifs is 1. The second-order valence-corrected chi connectivity index (χ2v) is 6.93. The largest absolute Gasteiger partial charge is 0.410 e. The molecule has 8 heteroatoms. The number of rotatable bonds is 4. The van der Waals surface area contributed by atoms with Crippen LogP contribution in [0.15, 0.2) is 66.7 Å². The van der Waals surface area contributed by atoms with Crippen LogP contribution in [0.5, 0.6) is 0 Å². The average Bonchev–Trinajstić information content (AvgIpc) is 3.16. The molecule has 0 aliphatic carbocycles.